The summed E-state index contributed by atoms with van der Waals surface area (Å²) in [6.45, 7) is 1.77. The monoisotopic (exact) mass is 443 g/mol. The second-order valence-corrected chi connectivity index (χ2v) is 8.75. The van der Waals surface area contributed by atoms with Crippen LogP contribution in [0.5, 0.6) is 5.75 Å². The van der Waals surface area contributed by atoms with Gasteiger partial charge in [0.1, 0.15) is 5.75 Å². The standard InChI is InChI=1S/C26H25N3O4/c1-33-21-8-9-24-23(15-21)22(10-12-27-24)26(30)25-14-18-11-13-28(25)16-19(18)5-2-17-3-6-20(7-4-17)29(31)32/h3-4,6-10,12,15,18-19,25-26,30H,11,13-14,16H2,1H3/t18-,19-,25+,26-/m0/s1. The summed E-state index contributed by atoms with van der Waals surface area (Å²) in [7, 11) is 1.64. The van der Waals surface area contributed by atoms with Crippen LogP contribution in [0.2, 0.25) is 0 Å². The molecule has 2 bridgehead atoms. The van der Waals surface area contributed by atoms with Crippen LogP contribution in [0, 0.1) is 33.8 Å². The maximum Gasteiger partial charge on any atom is 0.269 e. The number of benzene rings is 2. The van der Waals surface area contributed by atoms with Gasteiger partial charge in [-0.1, -0.05) is 11.8 Å². The Hall–Kier alpha value is -3.47. The molecule has 4 heterocycles. The lowest BCUT2D eigenvalue weighted by atomic mass is 9.73. The Labute approximate surface area is 192 Å². The Balaban J connectivity index is 1.34. The van der Waals surface area contributed by atoms with Crippen LogP contribution < -0.4 is 4.74 Å². The second-order valence-electron chi connectivity index (χ2n) is 8.75. The van der Waals surface area contributed by atoms with Gasteiger partial charge in [-0.3, -0.25) is 20.0 Å². The highest BCUT2D eigenvalue weighted by molar-refractivity contribution is 5.84. The number of aliphatic hydroxyl groups excluding tert-OH is 1. The van der Waals surface area contributed by atoms with Crippen molar-refractivity contribution in [1.82, 2.24) is 9.88 Å². The van der Waals surface area contributed by atoms with E-state index in [1.54, 1.807) is 25.4 Å². The van der Waals surface area contributed by atoms with E-state index >= 15 is 0 Å². The number of piperidine rings is 3. The molecule has 1 N–H and O–H groups in total. The van der Waals surface area contributed by atoms with Crippen molar-refractivity contribution >= 4 is 16.6 Å². The number of nitro groups is 1. The molecule has 0 saturated carbocycles. The van der Waals surface area contributed by atoms with Gasteiger partial charge in [-0.2, -0.15) is 0 Å². The SMILES string of the molecule is COc1ccc2nccc([C@H](O)[C@H]3C[C@@H]4CCN3C[C@@H]4C#Cc3ccc([N+](=O)[O-])cc3)c2c1. The number of non-ortho nitro benzene ring substituents is 1. The van der Waals surface area contributed by atoms with Gasteiger partial charge >= 0.3 is 0 Å². The second kappa shape index (κ2) is 8.81. The highest BCUT2D eigenvalue weighted by atomic mass is 16.6. The Morgan fingerprint density at radius 3 is 2.76 bits per heavy atom. The number of nitrogens with zero attached hydrogens (tertiary/aromatic N) is 3. The van der Waals surface area contributed by atoms with Gasteiger partial charge in [0.2, 0.25) is 0 Å². The molecule has 7 heteroatoms. The minimum Gasteiger partial charge on any atom is -0.497 e. The smallest absolute Gasteiger partial charge is 0.269 e. The van der Waals surface area contributed by atoms with Crippen molar-refractivity contribution in [3.05, 3.63) is 76.0 Å². The molecule has 3 aliphatic rings. The molecular formula is C26H25N3O4. The van der Waals surface area contributed by atoms with E-state index in [1.165, 1.54) is 12.1 Å². The molecule has 168 valence electrons. The third kappa shape index (κ3) is 4.15. The fourth-order valence-electron chi connectivity index (χ4n) is 5.14. The van der Waals surface area contributed by atoms with Crippen molar-refractivity contribution < 1.29 is 14.8 Å². The van der Waals surface area contributed by atoms with Crippen LogP contribution >= 0.6 is 0 Å². The van der Waals surface area contributed by atoms with Gasteiger partial charge in [0.25, 0.3) is 5.69 Å². The van der Waals surface area contributed by atoms with Gasteiger partial charge in [-0.15, -0.1) is 0 Å². The predicted molar refractivity (Wildman–Crippen MR) is 125 cm³/mol. The first-order valence-corrected chi connectivity index (χ1v) is 11.1. The van der Waals surface area contributed by atoms with E-state index in [-0.39, 0.29) is 17.6 Å². The van der Waals surface area contributed by atoms with Crippen molar-refractivity contribution in [3.63, 3.8) is 0 Å². The minimum atomic E-state index is -0.617. The van der Waals surface area contributed by atoms with Crippen molar-refractivity contribution in [2.45, 2.75) is 25.0 Å². The number of hydrogen-bond acceptors (Lipinski definition) is 6. The van der Waals surface area contributed by atoms with Crippen LogP contribution in [0.4, 0.5) is 5.69 Å². The Morgan fingerprint density at radius 1 is 1.24 bits per heavy atom. The van der Waals surface area contributed by atoms with Crippen LogP contribution in [-0.4, -0.2) is 46.2 Å². The van der Waals surface area contributed by atoms with Crippen molar-refractivity contribution in [1.29, 1.82) is 0 Å². The van der Waals surface area contributed by atoms with E-state index in [2.05, 4.69) is 21.7 Å². The molecule has 0 aliphatic carbocycles. The lowest BCUT2D eigenvalue weighted by molar-refractivity contribution is -0.384. The van der Waals surface area contributed by atoms with Gasteiger partial charge in [0, 0.05) is 47.8 Å². The number of pyridine rings is 1. The molecule has 3 aliphatic heterocycles. The summed E-state index contributed by atoms with van der Waals surface area (Å²) in [6, 6.07) is 14.1. The van der Waals surface area contributed by atoms with Gasteiger partial charge in [0.15, 0.2) is 0 Å². The average molecular weight is 444 g/mol. The van der Waals surface area contributed by atoms with E-state index in [0.29, 0.717) is 5.92 Å². The summed E-state index contributed by atoms with van der Waals surface area (Å²) in [5.41, 5.74) is 2.58. The van der Waals surface area contributed by atoms with Gasteiger partial charge in [-0.05, 0) is 67.3 Å². The summed E-state index contributed by atoms with van der Waals surface area (Å²) >= 11 is 0. The van der Waals surface area contributed by atoms with Gasteiger partial charge in [0.05, 0.1) is 23.7 Å². The van der Waals surface area contributed by atoms with E-state index < -0.39 is 11.0 Å². The molecule has 1 unspecified atom stereocenters. The highest BCUT2D eigenvalue weighted by Crippen LogP contribution is 2.41. The van der Waals surface area contributed by atoms with E-state index in [4.69, 9.17) is 4.74 Å². The molecule has 3 saturated heterocycles. The van der Waals surface area contributed by atoms with Gasteiger partial charge < -0.3 is 9.84 Å². The maximum absolute atomic E-state index is 11.4. The molecule has 5 atom stereocenters. The first kappa shape index (κ1) is 21.4. The van der Waals surface area contributed by atoms with Crippen molar-refractivity contribution in [2.75, 3.05) is 20.2 Å². The van der Waals surface area contributed by atoms with Crippen LogP contribution in [0.25, 0.3) is 10.9 Å². The number of ether oxygens (including phenoxy) is 1. The summed E-state index contributed by atoms with van der Waals surface area (Å²) in [6.07, 6.45) is 3.08. The number of fused-ring (bicyclic) bond motifs is 4. The lowest BCUT2D eigenvalue weighted by Gasteiger charge is -2.50. The molecule has 0 amide bonds. The van der Waals surface area contributed by atoms with E-state index in [9.17, 15) is 15.2 Å². The Kier molecular flexibility index (Phi) is 5.71. The first-order chi connectivity index (χ1) is 16.0. The predicted octanol–water partition coefficient (Wildman–Crippen LogP) is 3.95. The molecule has 3 fully saturated rings. The highest BCUT2D eigenvalue weighted by Gasteiger charge is 2.42. The molecular weight excluding hydrogens is 418 g/mol. The normalized spacial score (nSPS) is 24.7. The topological polar surface area (TPSA) is 88.7 Å². The molecule has 33 heavy (non-hydrogen) atoms. The van der Waals surface area contributed by atoms with E-state index in [1.807, 2.05) is 24.3 Å². The average Bonchev–Trinajstić information content (AvgIpc) is 2.86. The lowest BCUT2D eigenvalue weighted by Crippen LogP contribution is -2.55. The Morgan fingerprint density at radius 2 is 2.06 bits per heavy atom. The van der Waals surface area contributed by atoms with E-state index in [0.717, 1.165) is 53.7 Å². The Bertz CT molecular complexity index is 1250. The van der Waals surface area contributed by atoms with Gasteiger partial charge in [-0.25, -0.2) is 0 Å². The molecule has 2 aromatic carbocycles. The van der Waals surface area contributed by atoms with Crippen molar-refractivity contribution in [3.8, 4) is 17.6 Å². The fourth-order valence-corrected chi connectivity index (χ4v) is 5.14. The van der Waals surface area contributed by atoms with Crippen molar-refractivity contribution in [2.24, 2.45) is 11.8 Å². The minimum absolute atomic E-state index is 0.0398. The number of rotatable bonds is 4. The maximum atomic E-state index is 11.4. The summed E-state index contributed by atoms with van der Waals surface area (Å²) < 4.78 is 5.38. The molecule has 3 aromatic rings. The number of nitro benzene ring substituents is 1. The summed E-state index contributed by atoms with van der Waals surface area (Å²) in [5, 5.41) is 23.1. The zero-order valence-corrected chi connectivity index (χ0v) is 18.3. The summed E-state index contributed by atoms with van der Waals surface area (Å²) in [5.74, 6) is 7.98. The van der Waals surface area contributed by atoms with Crippen LogP contribution in [0.15, 0.2) is 54.7 Å². The zero-order valence-electron chi connectivity index (χ0n) is 18.3. The number of aromatic nitrogens is 1. The number of methoxy groups -OCH3 is 1. The van der Waals surface area contributed by atoms with Crippen LogP contribution in [0.1, 0.15) is 30.1 Å². The molecule has 7 nitrogen and oxygen atoms in total. The number of aliphatic hydroxyl groups is 1. The zero-order chi connectivity index (χ0) is 22.9. The third-order valence-electron chi connectivity index (χ3n) is 6.95. The third-order valence-corrected chi connectivity index (χ3v) is 6.95. The summed E-state index contributed by atoms with van der Waals surface area (Å²) in [4.78, 5) is 17.2. The molecule has 6 rings (SSSR count). The largest absolute Gasteiger partial charge is 0.497 e. The number of hydrogen-bond donors (Lipinski definition) is 1. The van der Waals surface area contributed by atoms with Crippen LogP contribution in [-0.2, 0) is 0 Å². The molecule has 0 radical (unpaired) electrons. The van der Waals surface area contributed by atoms with Crippen LogP contribution in [0.3, 0.4) is 0 Å². The quantitative estimate of drug-likeness (QED) is 0.373. The first-order valence-electron chi connectivity index (χ1n) is 11.1. The molecule has 1 aromatic heterocycles. The molecule has 0 spiro atoms. The fraction of sp³-hybridized carbons (Fsp3) is 0.346.